The summed E-state index contributed by atoms with van der Waals surface area (Å²) in [6, 6.07) is 13.1. The lowest BCUT2D eigenvalue weighted by molar-refractivity contribution is -0.274. The van der Waals surface area contributed by atoms with Gasteiger partial charge in [0, 0.05) is 25.2 Å². The van der Waals surface area contributed by atoms with Crippen LogP contribution in [0.15, 0.2) is 48.5 Å². The lowest BCUT2D eigenvalue weighted by Gasteiger charge is -2.27. The van der Waals surface area contributed by atoms with Crippen molar-refractivity contribution in [2.45, 2.75) is 12.9 Å². The summed E-state index contributed by atoms with van der Waals surface area (Å²) in [6.45, 7) is 2.07. The Bertz CT molecular complexity index is 762. The molecule has 0 spiro atoms. The van der Waals surface area contributed by atoms with Crippen molar-refractivity contribution in [3.05, 3.63) is 54.1 Å². The number of carbonyl (C=O) groups excluding carboxylic acids is 1. The fraction of sp³-hybridized carbons (Fsp3) is 0.278. The van der Waals surface area contributed by atoms with Crippen molar-refractivity contribution in [3.63, 3.8) is 0 Å². The van der Waals surface area contributed by atoms with Gasteiger partial charge in [0.15, 0.2) is 0 Å². The molecule has 0 bridgehead atoms. The Morgan fingerprint density at radius 3 is 2.68 bits per heavy atom. The largest absolute Gasteiger partial charge is 0.573 e. The molecular weight excluding hydrogens is 333 g/mol. The molecule has 3 rings (SSSR count). The lowest BCUT2D eigenvalue weighted by Crippen LogP contribution is -2.47. The Labute approximate surface area is 143 Å². The number of alkyl halides is 3. The van der Waals surface area contributed by atoms with Gasteiger partial charge in [-0.3, -0.25) is 4.79 Å². The van der Waals surface area contributed by atoms with Gasteiger partial charge in [-0.1, -0.05) is 36.4 Å². The van der Waals surface area contributed by atoms with E-state index in [1.165, 1.54) is 12.1 Å². The van der Waals surface area contributed by atoms with Crippen molar-refractivity contribution in [1.82, 2.24) is 10.2 Å². The number of rotatable bonds is 4. The number of hydrogen-bond donors (Lipinski definition) is 1. The zero-order chi connectivity index (χ0) is 17.9. The Balaban J connectivity index is 1.85. The van der Waals surface area contributed by atoms with Gasteiger partial charge in [0.1, 0.15) is 5.75 Å². The molecule has 0 aromatic heterocycles. The van der Waals surface area contributed by atoms with E-state index in [1.807, 2.05) is 6.07 Å². The second-order valence-electron chi connectivity index (χ2n) is 5.74. The van der Waals surface area contributed by atoms with Crippen LogP contribution in [-0.2, 0) is 11.3 Å². The molecule has 2 aromatic rings. The summed E-state index contributed by atoms with van der Waals surface area (Å²) in [5.74, 6) is -0.233. The molecule has 7 heteroatoms. The van der Waals surface area contributed by atoms with Crippen molar-refractivity contribution >= 4 is 5.91 Å². The fourth-order valence-corrected chi connectivity index (χ4v) is 2.79. The van der Waals surface area contributed by atoms with E-state index in [9.17, 15) is 18.0 Å². The van der Waals surface area contributed by atoms with Crippen molar-refractivity contribution in [1.29, 1.82) is 0 Å². The Morgan fingerprint density at radius 1 is 1.12 bits per heavy atom. The van der Waals surface area contributed by atoms with Gasteiger partial charge in [-0.2, -0.15) is 0 Å². The highest BCUT2D eigenvalue weighted by atomic mass is 19.4. The highest BCUT2D eigenvalue weighted by molar-refractivity contribution is 5.79. The number of amides is 1. The fourth-order valence-electron chi connectivity index (χ4n) is 2.79. The van der Waals surface area contributed by atoms with E-state index in [1.54, 1.807) is 35.2 Å². The van der Waals surface area contributed by atoms with Crippen molar-refractivity contribution < 1.29 is 22.7 Å². The standard InChI is InChI=1S/C18H17F3N2O2/c19-18(20,21)25-16-7-2-1-6-15(16)14-5-3-4-13(10-14)12-23-9-8-22-11-17(23)24/h1-7,10,22H,8-9,11-12H2. The second kappa shape index (κ2) is 7.14. The first-order valence-corrected chi connectivity index (χ1v) is 7.85. The summed E-state index contributed by atoms with van der Waals surface area (Å²) in [4.78, 5) is 13.6. The van der Waals surface area contributed by atoms with Crippen LogP contribution in [0.2, 0.25) is 0 Å². The predicted octanol–water partition coefficient (Wildman–Crippen LogP) is 3.18. The minimum Gasteiger partial charge on any atom is -0.405 e. The quantitative estimate of drug-likeness (QED) is 0.921. The summed E-state index contributed by atoms with van der Waals surface area (Å²) in [5, 5.41) is 3.00. The number of nitrogens with zero attached hydrogens (tertiary/aromatic N) is 1. The molecule has 1 aliphatic rings. The third-order valence-corrected chi connectivity index (χ3v) is 3.91. The molecule has 0 atom stereocenters. The number of piperazine rings is 1. The molecule has 0 saturated carbocycles. The number of benzene rings is 2. The maximum Gasteiger partial charge on any atom is 0.573 e. The second-order valence-corrected chi connectivity index (χ2v) is 5.74. The van der Waals surface area contributed by atoms with Gasteiger partial charge in [0.2, 0.25) is 5.91 Å². The molecule has 132 valence electrons. The normalized spacial score (nSPS) is 15.3. The monoisotopic (exact) mass is 350 g/mol. The lowest BCUT2D eigenvalue weighted by atomic mass is 10.0. The SMILES string of the molecule is O=C1CNCCN1Cc1cccc(-c2ccccc2OC(F)(F)F)c1. The van der Waals surface area contributed by atoms with Crippen LogP contribution in [0.4, 0.5) is 13.2 Å². The Morgan fingerprint density at radius 2 is 1.92 bits per heavy atom. The molecule has 2 aromatic carbocycles. The summed E-state index contributed by atoms with van der Waals surface area (Å²) in [6.07, 6.45) is -4.75. The number of halogens is 3. The zero-order valence-electron chi connectivity index (χ0n) is 13.3. The topological polar surface area (TPSA) is 41.6 Å². The van der Waals surface area contributed by atoms with E-state index in [2.05, 4.69) is 10.1 Å². The van der Waals surface area contributed by atoms with Crippen molar-refractivity contribution in [2.75, 3.05) is 19.6 Å². The van der Waals surface area contributed by atoms with Crippen LogP contribution in [0, 0.1) is 0 Å². The Kier molecular flexibility index (Phi) is 4.94. The molecule has 4 nitrogen and oxygen atoms in total. The molecule has 0 unspecified atom stereocenters. The number of hydrogen-bond acceptors (Lipinski definition) is 3. The molecule has 1 amide bonds. The van der Waals surface area contributed by atoms with Gasteiger partial charge >= 0.3 is 6.36 Å². The van der Waals surface area contributed by atoms with Crippen LogP contribution in [0.25, 0.3) is 11.1 Å². The first-order chi connectivity index (χ1) is 11.9. The maximum atomic E-state index is 12.6. The van der Waals surface area contributed by atoms with Gasteiger partial charge in [-0.05, 0) is 23.3 Å². The molecule has 1 heterocycles. The number of carbonyl (C=O) groups is 1. The van der Waals surface area contributed by atoms with Crippen LogP contribution in [0.1, 0.15) is 5.56 Å². The highest BCUT2D eigenvalue weighted by Crippen LogP contribution is 2.34. The minimum absolute atomic E-state index is 0.0115. The van der Waals surface area contributed by atoms with Crippen LogP contribution >= 0.6 is 0 Å². The Hall–Kier alpha value is -2.54. The molecule has 0 aliphatic carbocycles. The van der Waals surface area contributed by atoms with E-state index < -0.39 is 6.36 Å². The molecule has 25 heavy (non-hydrogen) atoms. The summed E-state index contributed by atoms with van der Waals surface area (Å²) < 4.78 is 41.9. The molecule has 1 fully saturated rings. The number of nitrogens with one attached hydrogen (secondary N) is 1. The smallest absolute Gasteiger partial charge is 0.405 e. The molecule has 1 N–H and O–H groups in total. The first-order valence-electron chi connectivity index (χ1n) is 7.85. The average Bonchev–Trinajstić information content (AvgIpc) is 2.56. The van der Waals surface area contributed by atoms with Gasteiger partial charge in [-0.15, -0.1) is 13.2 Å². The molecule has 0 radical (unpaired) electrons. The minimum atomic E-state index is -4.75. The van der Waals surface area contributed by atoms with Crippen molar-refractivity contribution in [3.8, 4) is 16.9 Å². The third kappa shape index (κ3) is 4.51. The average molecular weight is 350 g/mol. The number of para-hydroxylation sites is 1. The van der Waals surface area contributed by atoms with Gasteiger partial charge in [0.05, 0.1) is 6.54 Å². The maximum absolute atomic E-state index is 12.6. The van der Waals surface area contributed by atoms with Gasteiger partial charge in [-0.25, -0.2) is 0 Å². The summed E-state index contributed by atoms with van der Waals surface area (Å²) in [5.41, 5.74) is 1.82. The van der Waals surface area contributed by atoms with E-state index in [0.29, 0.717) is 30.8 Å². The van der Waals surface area contributed by atoms with Gasteiger partial charge in [0.25, 0.3) is 0 Å². The third-order valence-electron chi connectivity index (χ3n) is 3.91. The molecule has 1 aliphatic heterocycles. The summed E-state index contributed by atoms with van der Waals surface area (Å²) >= 11 is 0. The summed E-state index contributed by atoms with van der Waals surface area (Å²) in [7, 11) is 0. The van der Waals surface area contributed by atoms with Gasteiger partial charge < -0.3 is 15.0 Å². The van der Waals surface area contributed by atoms with Crippen LogP contribution in [0.3, 0.4) is 0 Å². The van der Waals surface area contributed by atoms with Crippen LogP contribution in [0.5, 0.6) is 5.75 Å². The van der Waals surface area contributed by atoms with Crippen molar-refractivity contribution in [2.24, 2.45) is 0 Å². The van der Waals surface area contributed by atoms with Crippen LogP contribution in [-0.4, -0.2) is 36.8 Å². The van der Waals surface area contributed by atoms with E-state index >= 15 is 0 Å². The molecular formula is C18H17F3N2O2. The van der Waals surface area contributed by atoms with E-state index in [4.69, 9.17) is 0 Å². The first kappa shape index (κ1) is 17.3. The zero-order valence-corrected chi connectivity index (χ0v) is 13.3. The molecule has 1 saturated heterocycles. The number of ether oxygens (including phenoxy) is 1. The van der Waals surface area contributed by atoms with E-state index in [0.717, 1.165) is 12.1 Å². The highest BCUT2D eigenvalue weighted by Gasteiger charge is 2.32. The van der Waals surface area contributed by atoms with Crippen LogP contribution < -0.4 is 10.1 Å². The van der Waals surface area contributed by atoms with E-state index in [-0.39, 0.29) is 11.7 Å². The predicted molar refractivity (Wildman–Crippen MR) is 86.8 cm³/mol.